The maximum Gasteiger partial charge on any atom is 0.237 e. The van der Waals surface area contributed by atoms with E-state index in [0.29, 0.717) is 0 Å². The van der Waals surface area contributed by atoms with Crippen molar-refractivity contribution >= 4 is 11.9 Å². The zero-order valence-corrected chi connectivity index (χ0v) is 15.6. The van der Waals surface area contributed by atoms with E-state index in [2.05, 4.69) is 29.0 Å². The van der Waals surface area contributed by atoms with E-state index in [4.69, 9.17) is 15.5 Å². The van der Waals surface area contributed by atoms with Crippen LogP contribution in [-0.2, 0) is 9.53 Å². The number of nitrogens with zero attached hydrogens (tertiary/aromatic N) is 3. The predicted octanol–water partition coefficient (Wildman–Crippen LogP) is 0.260. The Kier molecular flexibility index (Phi) is 6.09. The molecule has 0 aromatic rings. The summed E-state index contributed by atoms with van der Waals surface area (Å²) in [5.74, 6) is 0.688. The summed E-state index contributed by atoms with van der Waals surface area (Å²) in [5, 5.41) is 3.39. The Hall–Kier alpha value is -1.34. The molecule has 2 fully saturated rings. The molecule has 0 aromatic heterocycles. The molecule has 0 spiro atoms. The lowest BCUT2D eigenvalue weighted by Crippen LogP contribution is -2.61. The molecular formula is C17H33N5O2. The second-order valence-electron chi connectivity index (χ2n) is 7.68. The number of rotatable bonds is 5. The Balaban J connectivity index is 1.96. The zero-order chi connectivity index (χ0) is 17.8. The molecule has 0 bridgehead atoms. The number of amides is 1. The average Bonchev–Trinajstić information content (AvgIpc) is 2.98. The first-order valence-corrected chi connectivity index (χ1v) is 8.94. The maximum absolute atomic E-state index is 11.6. The summed E-state index contributed by atoms with van der Waals surface area (Å²) in [4.78, 5) is 20.9. The van der Waals surface area contributed by atoms with Gasteiger partial charge in [0.25, 0.3) is 0 Å². The van der Waals surface area contributed by atoms with Crippen LogP contribution >= 0.6 is 0 Å². The van der Waals surface area contributed by atoms with Gasteiger partial charge in [-0.25, -0.2) is 0 Å². The Morgan fingerprint density at radius 3 is 2.50 bits per heavy atom. The number of primary amides is 1. The highest BCUT2D eigenvalue weighted by Crippen LogP contribution is 2.28. The van der Waals surface area contributed by atoms with E-state index in [1.54, 1.807) is 0 Å². The second-order valence-corrected chi connectivity index (χ2v) is 7.68. The van der Waals surface area contributed by atoms with Gasteiger partial charge in [0.15, 0.2) is 5.96 Å². The molecular weight excluding hydrogens is 306 g/mol. The van der Waals surface area contributed by atoms with Crippen molar-refractivity contribution in [3.8, 4) is 0 Å². The van der Waals surface area contributed by atoms with Gasteiger partial charge in [0.1, 0.15) is 0 Å². The molecule has 2 rings (SSSR count). The number of hydrogen-bond donors (Lipinski definition) is 2. The van der Waals surface area contributed by atoms with Gasteiger partial charge in [-0.3, -0.25) is 14.7 Å². The van der Waals surface area contributed by atoms with Crippen LogP contribution in [-0.4, -0.2) is 79.7 Å². The number of ether oxygens (including phenoxy) is 1. The lowest BCUT2D eigenvalue weighted by Gasteiger charge is -2.43. The summed E-state index contributed by atoms with van der Waals surface area (Å²) < 4.78 is 5.52. The number of carbonyl (C=O) groups excluding carboxylic acids is 1. The van der Waals surface area contributed by atoms with Gasteiger partial charge in [0.2, 0.25) is 5.91 Å². The van der Waals surface area contributed by atoms with Crippen molar-refractivity contribution in [3.63, 3.8) is 0 Å². The van der Waals surface area contributed by atoms with Gasteiger partial charge >= 0.3 is 0 Å². The molecule has 0 saturated carbocycles. The summed E-state index contributed by atoms with van der Waals surface area (Å²) in [6.45, 7) is 14.7. The number of piperazine rings is 1. The summed E-state index contributed by atoms with van der Waals surface area (Å²) in [6, 6.07) is 0. The fourth-order valence-corrected chi connectivity index (χ4v) is 3.16. The number of aliphatic imine (C=N–C) groups is 1. The molecule has 2 heterocycles. The normalized spacial score (nSPS) is 26.7. The van der Waals surface area contributed by atoms with Gasteiger partial charge in [-0.15, -0.1) is 0 Å². The van der Waals surface area contributed by atoms with Crippen LogP contribution < -0.4 is 11.1 Å². The van der Waals surface area contributed by atoms with E-state index in [9.17, 15) is 4.79 Å². The molecule has 1 unspecified atom stereocenters. The fraction of sp³-hybridized carbons (Fsp3) is 0.882. The van der Waals surface area contributed by atoms with Gasteiger partial charge in [0, 0.05) is 44.7 Å². The van der Waals surface area contributed by atoms with Gasteiger partial charge < -0.3 is 20.7 Å². The van der Waals surface area contributed by atoms with E-state index in [0.717, 1.165) is 64.9 Å². The third-order valence-corrected chi connectivity index (χ3v) is 5.22. The largest absolute Gasteiger partial charge is 0.381 e. The van der Waals surface area contributed by atoms with E-state index in [-0.39, 0.29) is 11.3 Å². The summed E-state index contributed by atoms with van der Waals surface area (Å²) in [5.41, 5.74) is 5.08. The van der Waals surface area contributed by atoms with E-state index < -0.39 is 5.54 Å². The van der Waals surface area contributed by atoms with Gasteiger partial charge in [-0.2, -0.15) is 0 Å². The smallest absolute Gasteiger partial charge is 0.237 e. The molecule has 24 heavy (non-hydrogen) atoms. The third-order valence-electron chi connectivity index (χ3n) is 5.22. The highest BCUT2D eigenvalue weighted by molar-refractivity contribution is 5.84. The average molecular weight is 339 g/mol. The van der Waals surface area contributed by atoms with Gasteiger partial charge in [0.05, 0.1) is 18.7 Å². The lowest BCUT2D eigenvalue weighted by molar-refractivity contribution is -0.129. The molecule has 7 heteroatoms. The number of carbonyl (C=O) groups is 1. The van der Waals surface area contributed by atoms with Crippen molar-refractivity contribution in [2.24, 2.45) is 16.1 Å². The first kappa shape index (κ1) is 19.0. The Labute approximate surface area is 145 Å². The van der Waals surface area contributed by atoms with Crippen LogP contribution in [0, 0.1) is 5.41 Å². The van der Waals surface area contributed by atoms with Crippen LogP contribution in [0.1, 0.15) is 34.1 Å². The number of nitrogens with one attached hydrogen (secondary N) is 1. The van der Waals surface area contributed by atoms with Crippen LogP contribution in [0.15, 0.2) is 4.99 Å². The molecule has 138 valence electrons. The Morgan fingerprint density at radius 1 is 1.33 bits per heavy atom. The predicted molar refractivity (Wildman–Crippen MR) is 95.9 cm³/mol. The summed E-state index contributed by atoms with van der Waals surface area (Å²) in [7, 11) is 0. The first-order valence-electron chi connectivity index (χ1n) is 8.94. The van der Waals surface area contributed by atoms with Crippen LogP contribution in [0.25, 0.3) is 0 Å². The molecule has 3 N–H and O–H groups in total. The molecule has 2 aliphatic heterocycles. The Bertz CT molecular complexity index is 464. The molecule has 1 amide bonds. The molecule has 0 aliphatic carbocycles. The second kappa shape index (κ2) is 7.70. The minimum Gasteiger partial charge on any atom is -0.381 e. The molecule has 0 radical (unpaired) electrons. The highest BCUT2D eigenvalue weighted by atomic mass is 16.5. The number of hydrogen-bond acceptors (Lipinski definition) is 4. The fourth-order valence-electron chi connectivity index (χ4n) is 3.16. The minimum absolute atomic E-state index is 0.149. The van der Waals surface area contributed by atoms with Crippen molar-refractivity contribution in [2.75, 3.05) is 52.5 Å². The highest BCUT2D eigenvalue weighted by Gasteiger charge is 2.35. The van der Waals surface area contributed by atoms with Crippen LogP contribution in [0.4, 0.5) is 0 Å². The SMILES string of the molecule is CCNC(=NCC1(C)CCOC1)N1CCN(C(C)(C)C(N)=O)CC1. The van der Waals surface area contributed by atoms with Crippen molar-refractivity contribution in [1.82, 2.24) is 15.1 Å². The molecule has 2 saturated heterocycles. The monoisotopic (exact) mass is 339 g/mol. The first-order chi connectivity index (χ1) is 11.3. The van der Waals surface area contributed by atoms with Crippen LogP contribution in [0.2, 0.25) is 0 Å². The van der Waals surface area contributed by atoms with E-state index >= 15 is 0 Å². The van der Waals surface area contributed by atoms with Crippen LogP contribution in [0.5, 0.6) is 0 Å². The van der Waals surface area contributed by atoms with E-state index in [1.165, 1.54) is 0 Å². The van der Waals surface area contributed by atoms with Crippen molar-refractivity contribution < 1.29 is 9.53 Å². The maximum atomic E-state index is 11.6. The molecule has 1 atom stereocenters. The molecule has 0 aromatic carbocycles. The van der Waals surface area contributed by atoms with Crippen molar-refractivity contribution in [1.29, 1.82) is 0 Å². The van der Waals surface area contributed by atoms with Crippen molar-refractivity contribution in [2.45, 2.75) is 39.7 Å². The standard InChI is InChI=1S/C17H33N5O2/c1-5-19-15(20-12-17(4)6-11-24-13-17)21-7-9-22(10-8-21)16(2,3)14(18)23/h5-13H2,1-4H3,(H2,18,23)(H,19,20). The topological polar surface area (TPSA) is 83.2 Å². The lowest BCUT2D eigenvalue weighted by atomic mass is 9.90. The quantitative estimate of drug-likeness (QED) is 0.554. The van der Waals surface area contributed by atoms with Gasteiger partial charge in [-0.05, 0) is 27.2 Å². The number of nitrogens with two attached hydrogens (primary N) is 1. The Morgan fingerprint density at radius 2 is 2.00 bits per heavy atom. The summed E-state index contributed by atoms with van der Waals surface area (Å²) in [6.07, 6.45) is 1.07. The molecule has 2 aliphatic rings. The molecule has 7 nitrogen and oxygen atoms in total. The van der Waals surface area contributed by atoms with Gasteiger partial charge in [-0.1, -0.05) is 6.92 Å². The summed E-state index contributed by atoms with van der Waals surface area (Å²) >= 11 is 0. The van der Waals surface area contributed by atoms with Crippen molar-refractivity contribution in [3.05, 3.63) is 0 Å². The zero-order valence-electron chi connectivity index (χ0n) is 15.6. The number of guanidine groups is 1. The minimum atomic E-state index is -0.601. The van der Waals surface area contributed by atoms with Crippen LogP contribution in [0.3, 0.4) is 0 Å². The van der Waals surface area contributed by atoms with E-state index in [1.807, 2.05) is 13.8 Å². The third kappa shape index (κ3) is 4.39.